The van der Waals surface area contributed by atoms with Crippen LogP contribution in [0.25, 0.3) is 0 Å². The lowest BCUT2D eigenvalue weighted by Crippen LogP contribution is -2.48. The van der Waals surface area contributed by atoms with Crippen LogP contribution in [0, 0.1) is 5.92 Å². The van der Waals surface area contributed by atoms with Crippen molar-refractivity contribution in [3.8, 4) is 11.5 Å². The molecule has 2 atom stereocenters. The van der Waals surface area contributed by atoms with Gasteiger partial charge in [-0.1, -0.05) is 31.5 Å². The Kier molecular flexibility index (Phi) is 6.64. The zero-order chi connectivity index (χ0) is 21.0. The molecule has 1 heterocycles. The van der Waals surface area contributed by atoms with Gasteiger partial charge in [-0.3, -0.25) is 9.59 Å². The standard InChI is InChI=1S/C22H25ClN2O4/c1-13(2)10-18(25-21(26)15-4-7-17(23)8-5-15)22(27)24-14(3)16-6-9-19-20(11-16)29-12-28-19/h4-9,11,13-14,18H,10,12H2,1-3H3,(H,24,27)(H,25,26). The molecule has 0 fully saturated rings. The van der Waals surface area contributed by atoms with E-state index in [1.165, 1.54) is 0 Å². The number of carbonyl (C=O) groups excluding carboxylic acids is 2. The molecule has 2 unspecified atom stereocenters. The lowest BCUT2D eigenvalue weighted by Gasteiger charge is -2.23. The number of hydrogen-bond acceptors (Lipinski definition) is 4. The first-order valence-electron chi connectivity index (χ1n) is 9.60. The molecule has 0 saturated carbocycles. The van der Waals surface area contributed by atoms with Crippen LogP contribution in [0.5, 0.6) is 11.5 Å². The molecule has 6 nitrogen and oxygen atoms in total. The van der Waals surface area contributed by atoms with Gasteiger partial charge in [0.25, 0.3) is 5.91 Å². The van der Waals surface area contributed by atoms with E-state index in [0.29, 0.717) is 28.5 Å². The summed E-state index contributed by atoms with van der Waals surface area (Å²) < 4.78 is 10.7. The smallest absolute Gasteiger partial charge is 0.251 e. The molecule has 2 aromatic carbocycles. The highest BCUT2D eigenvalue weighted by Crippen LogP contribution is 2.34. The van der Waals surface area contributed by atoms with Crippen molar-refractivity contribution < 1.29 is 19.1 Å². The Hall–Kier alpha value is -2.73. The first kappa shape index (κ1) is 21.0. The van der Waals surface area contributed by atoms with Crippen molar-refractivity contribution in [2.45, 2.75) is 39.3 Å². The number of benzene rings is 2. The number of carbonyl (C=O) groups is 2. The minimum absolute atomic E-state index is 0.201. The van der Waals surface area contributed by atoms with Crippen LogP contribution in [0.1, 0.15) is 49.2 Å². The van der Waals surface area contributed by atoms with Crippen molar-refractivity contribution in [1.29, 1.82) is 0 Å². The molecule has 7 heteroatoms. The molecule has 0 bridgehead atoms. The molecule has 0 aliphatic carbocycles. The highest BCUT2D eigenvalue weighted by Gasteiger charge is 2.25. The van der Waals surface area contributed by atoms with E-state index in [4.69, 9.17) is 21.1 Å². The van der Waals surface area contributed by atoms with Gasteiger partial charge in [-0.15, -0.1) is 0 Å². The van der Waals surface area contributed by atoms with E-state index in [0.717, 1.165) is 5.56 Å². The second-order valence-corrected chi connectivity index (χ2v) is 7.94. The number of rotatable bonds is 7. The Labute approximate surface area is 175 Å². The van der Waals surface area contributed by atoms with Gasteiger partial charge in [-0.2, -0.15) is 0 Å². The average Bonchev–Trinajstić information content (AvgIpc) is 3.15. The van der Waals surface area contributed by atoms with Crippen molar-refractivity contribution in [1.82, 2.24) is 10.6 Å². The van der Waals surface area contributed by atoms with E-state index in [9.17, 15) is 9.59 Å². The largest absolute Gasteiger partial charge is 0.454 e. The second-order valence-electron chi connectivity index (χ2n) is 7.51. The lowest BCUT2D eigenvalue weighted by atomic mass is 10.0. The molecule has 29 heavy (non-hydrogen) atoms. The Bertz CT molecular complexity index is 883. The quantitative estimate of drug-likeness (QED) is 0.712. The van der Waals surface area contributed by atoms with Gasteiger partial charge in [0.15, 0.2) is 11.5 Å². The van der Waals surface area contributed by atoms with Crippen molar-refractivity contribution >= 4 is 23.4 Å². The Morgan fingerprint density at radius 1 is 1.00 bits per heavy atom. The molecule has 1 aliphatic heterocycles. The maximum Gasteiger partial charge on any atom is 0.251 e. The van der Waals surface area contributed by atoms with E-state index in [-0.39, 0.29) is 30.6 Å². The van der Waals surface area contributed by atoms with Crippen LogP contribution < -0.4 is 20.1 Å². The predicted octanol–water partition coefficient (Wildman–Crippen LogP) is 4.09. The molecule has 1 aliphatic rings. The summed E-state index contributed by atoms with van der Waals surface area (Å²) >= 11 is 5.88. The predicted molar refractivity (Wildman–Crippen MR) is 111 cm³/mol. The maximum atomic E-state index is 12.9. The SMILES string of the molecule is CC(C)CC(NC(=O)c1ccc(Cl)cc1)C(=O)NC(C)c1ccc2c(c1)OCO2. The van der Waals surface area contributed by atoms with Gasteiger partial charge in [-0.25, -0.2) is 0 Å². The third kappa shape index (κ3) is 5.41. The van der Waals surface area contributed by atoms with Crippen LogP contribution in [0.2, 0.25) is 5.02 Å². The van der Waals surface area contributed by atoms with Gasteiger partial charge in [0, 0.05) is 10.6 Å². The molecule has 2 aromatic rings. The minimum Gasteiger partial charge on any atom is -0.454 e. The van der Waals surface area contributed by atoms with E-state index >= 15 is 0 Å². The van der Waals surface area contributed by atoms with Gasteiger partial charge >= 0.3 is 0 Å². The van der Waals surface area contributed by atoms with Crippen LogP contribution in [-0.2, 0) is 4.79 Å². The molecular formula is C22H25ClN2O4. The van der Waals surface area contributed by atoms with Gasteiger partial charge < -0.3 is 20.1 Å². The fourth-order valence-corrected chi connectivity index (χ4v) is 3.25. The highest BCUT2D eigenvalue weighted by atomic mass is 35.5. The summed E-state index contributed by atoms with van der Waals surface area (Å²) in [5.41, 5.74) is 1.36. The summed E-state index contributed by atoms with van der Waals surface area (Å²) in [7, 11) is 0. The third-order valence-electron chi connectivity index (χ3n) is 4.69. The van der Waals surface area contributed by atoms with Crippen molar-refractivity contribution in [3.63, 3.8) is 0 Å². The molecule has 0 aromatic heterocycles. The lowest BCUT2D eigenvalue weighted by molar-refractivity contribution is -0.124. The maximum absolute atomic E-state index is 12.9. The molecule has 154 valence electrons. The highest BCUT2D eigenvalue weighted by molar-refractivity contribution is 6.30. The van der Waals surface area contributed by atoms with Crippen LogP contribution in [0.15, 0.2) is 42.5 Å². The molecule has 2 amide bonds. The average molecular weight is 417 g/mol. The van der Waals surface area contributed by atoms with Crippen LogP contribution in [0.4, 0.5) is 0 Å². The molecule has 0 radical (unpaired) electrons. The minimum atomic E-state index is -0.644. The number of halogens is 1. The Morgan fingerprint density at radius 3 is 2.38 bits per heavy atom. The summed E-state index contributed by atoms with van der Waals surface area (Å²) in [6.45, 7) is 6.11. The van der Waals surface area contributed by atoms with Crippen LogP contribution >= 0.6 is 11.6 Å². The summed E-state index contributed by atoms with van der Waals surface area (Å²) in [5, 5.41) is 6.38. The van der Waals surface area contributed by atoms with Crippen LogP contribution in [0.3, 0.4) is 0 Å². The first-order valence-corrected chi connectivity index (χ1v) is 9.97. The Balaban J connectivity index is 1.68. The third-order valence-corrected chi connectivity index (χ3v) is 4.94. The molecule has 0 spiro atoms. The number of hydrogen-bond donors (Lipinski definition) is 2. The number of ether oxygens (including phenoxy) is 2. The number of fused-ring (bicyclic) bond motifs is 1. The Morgan fingerprint density at radius 2 is 1.69 bits per heavy atom. The molecule has 0 saturated heterocycles. The van der Waals surface area contributed by atoms with Gasteiger partial charge in [0.1, 0.15) is 6.04 Å². The molecular weight excluding hydrogens is 392 g/mol. The summed E-state index contributed by atoms with van der Waals surface area (Å²) in [4.78, 5) is 25.5. The zero-order valence-electron chi connectivity index (χ0n) is 16.7. The van der Waals surface area contributed by atoms with Crippen LogP contribution in [-0.4, -0.2) is 24.6 Å². The van der Waals surface area contributed by atoms with Crippen molar-refractivity contribution in [2.24, 2.45) is 5.92 Å². The van der Waals surface area contributed by atoms with E-state index in [1.807, 2.05) is 39.0 Å². The van der Waals surface area contributed by atoms with Gasteiger partial charge in [0.05, 0.1) is 6.04 Å². The number of nitrogens with one attached hydrogen (secondary N) is 2. The van der Waals surface area contributed by atoms with Gasteiger partial charge in [-0.05, 0) is 61.2 Å². The summed E-state index contributed by atoms with van der Waals surface area (Å²) in [5.74, 6) is 1.06. The van der Waals surface area contributed by atoms with E-state index in [2.05, 4.69) is 10.6 Å². The molecule has 2 N–H and O–H groups in total. The van der Waals surface area contributed by atoms with Crippen molar-refractivity contribution in [3.05, 3.63) is 58.6 Å². The monoisotopic (exact) mass is 416 g/mol. The zero-order valence-corrected chi connectivity index (χ0v) is 17.5. The summed E-state index contributed by atoms with van der Waals surface area (Å²) in [6, 6.07) is 11.3. The van der Waals surface area contributed by atoms with Crippen molar-refractivity contribution in [2.75, 3.05) is 6.79 Å². The number of amides is 2. The normalized spacial score (nSPS) is 14.4. The van der Waals surface area contributed by atoms with E-state index in [1.54, 1.807) is 24.3 Å². The second kappa shape index (κ2) is 9.18. The molecule has 3 rings (SSSR count). The summed E-state index contributed by atoms with van der Waals surface area (Å²) in [6.07, 6.45) is 0.527. The fourth-order valence-electron chi connectivity index (χ4n) is 3.13. The van der Waals surface area contributed by atoms with Gasteiger partial charge in [0.2, 0.25) is 12.7 Å². The first-order chi connectivity index (χ1) is 13.8. The fraction of sp³-hybridized carbons (Fsp3) is 0.364. The van der Waals surface area contributed by atoms with E-state index < -0.39 is 6.04 Å². The topological polar surface area (TPSA) is 76.7 Å².